The number of nitrogens with two attached hydrogens (primary N) is 1. The van der Waals surface area contributed by atoms with Gasteiger partial charge in [-0.25, -0.2) is 4.98 Å². The Morgan fingerprint density at radius 3 is 2.84 bits per heavy atom. The van der Waals surface area contributed by atoms with Gasteiger partial charge in [0, 0.05) is 31.7 Å². The number of carbonyl (C=O) groups excluding carboxylic acids is 1. The molecule has 1 unspecified atom stereocenters. The van der Waals surface area contributed by atoms with Gasteiger partial charge in [0.05, 0.1) is 0 Å². The Labute approximate surface area is 115 Å². The number of pyridine rings is 1. The molecular weight excluding hydrogens is 240 g/mol. The lowest BCUT2D eigenvalue weighted by Gasteiger charge is -2.07. The molecule has 0 aliphatic heterocycles. The highest BCUT2D eigenvalue weighted by molar-refractivity contribution is 5.75. The van der Waals surface area contributed by atoms with Gasteiger partial charge in [0.15, 0.2) is 0 Å². The maximum absolute atomic E-state index is 11.4. The summed E-state index contributed by atoms with van der Waals surface area (Å²) in [7, 11) is 0. The van der Waals surface area contributed by atoms with Crippen molar-refractivity contribution < 1.29 is 4.79 Å². The average molecular weight is 264 g/mol. The third-order valence-electron chi connectivity index (χ3n) is 2.72. The van der Waals surface area contributed by atoms with Crippen LogP contribution in [0.1, 0.15) is 32.6 Å². The number of aromatic nitrogens is 1. The summed E-state index contributed by atoms with van der Waals surface area (Å²) in [6, 6.07) is 5.88. The van der Waals surface area contributed by atoms with Gasteiger partial charge in [-0.1, -0.05) is 6.07 Å². The molecule has 1 heterocycles. The predicted molar refractivity (Wildman–Crippen MR) is 77.9 cm³/mol. The predicted octanol–water partition coefficient (Wildman–Crippen LogP) is 1.52. The first-order valence-corrected chi connectivity index (χ1v) is 6.85. The standard InChI is InChI=1S/C14H24N4O/c1-12(15)7-8-14(19)18-11-5-4-10-17-13-6-2-3-9-16-13/h2-3,6,9,12H,4-5,7-8,10-11,15H2,1H3,(H,16,17)(H,18,19). The van der Waals surface area contributed by atoms with Gasteiger partial charge in [-0.05, 0) is 38.3 Å². The first-order valence-electron chi connectivity index (χ1n) is 6.85. The number of amides is 1. The van der Waals surface area contributed by atoms with Gasteiger partial charge >= 0.3 is 0 Å². The summed E-state index contributed by atoms with van der Waals surface area (Å²) in [6.07, 6.45) is 4.99. The van der Waals surface area contributed by atoms with Gasteiger partial charge < -0.3 is 16.4 Å². The van der Waals surface area contributed by atoms with Crippen LogP contribution >= 0.6 is 0 Å². The number of rotatable bonds is 9. The van der Waals surface area contributed by atoms with Gasteiger partial charge in [-0.15, -0.1) is 0 Å². The third kappa shape index (κ3) is 8.15. The van der Waals surface area contributed by atoms with Crippen molar-refractivity contribution in [2.24, 2.45) is 5.73 Å². The molecule has 19 heavy (non-hydrogen) atoms. The normalized spacial score (nSPS) is 11.9. The molecule has 5 heteroatoms. The van der Waals surface area contributed by atoms with Gasteiger partial charge in [0.1, 0.15) is 5.82 Å². The largest absolute Gasteiger partial charge is 0.370 e. The van der Waals surface area contributed by atoms with E-state index in [-0.39, 0.29) is 11.9 Å². The van der Waals surface area contributed by atoms with Crippen molar-refractivity contribution in [3.05, 3.63) is 24.4 Å². The first-order chi connectivity index (χ1) is 9.18. The van der Waals surface area contributed by atoms with E-state index in [4.69, 9.17) is 5.73 Å². The van der Waals surface area contributed by atoms with Crippen molar-refractivity contribution in [2.45, 2.75) is 38.6 Å². The lowest BCUT2D eigenvalue weighted by molar-refractivity contribution is -0.121. The minimum Gasteiger partial charge on any atom is -0.370 e. The first kappa shape index (κ1) is 15.4. The van der Waals surface area contributed by atoms with E-state index >= 15 is 0 Å². The number of hydrogen-bond acceptors (Lipinski definition) is 4. The Hall–Kier alpha value is -1.62. The van der Waals surface area contributed by atoms with Crippen LogP contribution in [-0.2, 0) is 4.79 Å². The van der Waals surface area contributed by atoms with Gasteiger partial charge in [0.2, 0.25) is 5.91 Å². The third-order valence-corrected chi connectivity index (χ3v) is 2.72. The monoisotopic (exact) mass is 264 g/mol. The highest BCUT2D eigenvalue weighted by Gasteiger charge is 2.02. The van der Waals surface area contributed by atoms with Crippen LogP contribution in [0, 0.1) is 0 Å². The second kappa shape index (κ2) is 9.33. The molecule has 0 saturated carbocycles. The number of carbonyl (C=O) groups is 1. The van der Waals surface area contributed by atoms with E-state index in [1.165, 1.54) is 0 Å². The fraction of sp³-hybridized carbons (Fsp3) is 0.571. The van der Waals surface area contributed by atoms with Gasteiger partial charge in [-0.2, -0.15) is 0 Å². The van der Waals surface area contributed by atoms with Crippen molar-refractivity contribution in [3.63, 3.8) is 0 Å². The van der Waals surface area contributed by atoms with Crippen molar-refractivity contribution in [3.8, 4) is 0 Å². The van der Waals surface area contributed by atoms with Crippen molar-refractivity contribution in [1.29, 1.82) is 0 Å². The smallest absolute Gasteiger partial charge is 0.220 e. The lowest BCUT2D eigenvalue weighted by Crippen LogP contribution is -2.26. The van der Waals surface area contributed by atoms with E-state index in [1.807, 2.05) is 25.1 Å². The molecule has 1 aromatic heterocycles. The molecule has 4 N–H and O–H groups in total. The van der Waals surface area contributed by atoms with Crippen LogP contribution in [0.15, 0.2) is 24.4 Å². The van der Waals surface area contributed by atoms with Gasteiger partial charge in [-0.3, -0.25) is 4.79 Å². The number of anilines is 1. The highest BCUT2D eigenvalue weighted by atomic mass is 16.1. The molecular formula is C14H24N4O. The maximum Gasteiger partial charge on any atom is 0.220 e. The van der Waals surface area contributed by atoms with Crippen LogP contribution in [0.5, 0.6) is 0 Å². The summed E-state index contributed by atoms with van der Waals surface area (Å²) in [6.45, 7) is 3.50. The molecule has 0 fully saturated rings. The molecule has 1 aromatic rings. The van der Waals surface area contributed by atoms with Crippen molar-refractivity contribution >= 4 is 11.7 Å². The zero-order valence-electron chi connectivity index (χ0n) is 11.6. The Kier molecular flexibility index (Phi) is 7.58. The Balaban J connectivity index is 1.95. The lowest BCUT2D eigenvalue weighted by atomic mass is 10.2. The van der Waals surface area contributed by atoms with Crippen LogP contribution in [0.3, 0.4) is 0 Å². The summed E-state index contributed by atoms with van der Waals surface area (Å²) in [5.74, 6) is 0.985. The van der Waals surface area contributed by atoms with Crippen LogP contribution in [0.25, 0.3) is 0 Å². The molecule has 0 spiro atoms. The van der Waals surface area contributed by atoms with Crippen LogP contribution in [-0.4, -0.2) is 30.0 Å². The minimum absolute atomic E-state index is 0.0910. The van der Waals surface area contributed by atoms with Crippen molar-refractivity contribution in [1.82, 2.24) is 10.3 Å². The SMILES string of the molecule is CC(N)CCC(=O)NCCCCNc1ccccn1. The van der Waals surface area contributed by atoms with E-state index in [1.54, 1.807) is 6.20 Å². The molecule has 1 rings (SSSR count). The van der Waals surface area contributed by atoms with Crippen molar-refractivity contribution in [2.75, 3.05) is 18.4 Å². The van der Waals surface area contributed by atoms with Crippen LogP contribution < -0.4 is 16.4 Å². The van der Waals surface area contributed by atoms with E-state index in [9.17, 15) is 4.79 Å². The quantitative estimate of drug-likeness (QED) is 0.591. The molecule has 0 aliphatic carbocycles. The zero-order valence-corrected chi connectivity index (χ0v) is 11.6. The van der Waals surface area contributed by atoms with Gasteiger partial charge in [0.25, 0.3) is 0 Å². The fourth-order valence-electron chi connectivity index (χ4n) is 1.61. The summed E-state index contributed by atoms with van der Waals surface area (Å²) >= 11 is 0. The Morgan fingerprint density at radius 1 is 1.37 bits per heavy atom. The fourth-order valence-corrected chi connectivity index (χ4v) is 1.61. The van der Waals surface area contributed by atoms with E-state index < -0.39 is 0 Å². The Bertz CT molecular complexity index is 354. The van der Waals surface area contributed by atoms with E-state index in [0.29, 0.717) is 6.42 Å². The minimum atomic E-state index is 0.0910. The average Bonchev–Trinajstić information content (AvgIpc) is 2.41. The molecule has 0 aliphatic rings. The maximum atomic E-state index is 11.4. The van der Waals surface area contributed by atoms with E-state index in [2.05, 4.69) is 15.6 Å². The summed E-state index contributed by atoms with van der Waals surface area (Å²) in [5, 5.41) is 6.13. The number of hydrogen-bond donors (Lipinski definition) is 3. The molecule has 0 bridgehead atoms. The second-order valence-corrected chi connectivity index (χ2v) is 4.71. The number of nitrogens with one attached hydrogen (secondary N) is 2. The molecule has 5 nitrogen and oxygen atoms in total. The summed E-state index contributed by atoms with van der Waals surface area (Å²) in [5.41, 5.74) is 5.60. The second-order valence-electron chi connectivity index (χ2n) is 4.71. The number of nitrogens with zero attached hydrogens (tertiary/aromatic N) is 1. The molecule has 1 atom stereocenters. The summed E-state index contributed by atoms with van der Waals surface area (Å²) in [4.78, 5) is 15.6. The zero-order chi connectivity index (χ0) is 13.9. The summed E-state index contributed by atoms with van der Waals surface area (Å²) < 4.78 is 0. The number of unbranched alkanes of at least 4 members (excludes halogenated alkanes) is 1. The Morgan fingerprint density at radius 2 is 2.16 bits per heavy atom. The van der Waals surface area contributed by atoms with Crippen LogP contribution in [0.2, 0.25) is 0 Å². The topological polar surface area (TPSA) is 80.0 Å². The van der Waals surface area contributed by atoms with Crippen LogP contribution in [0.4, 0.5) is 5.82 Å². The molecule has 0 aromatic carbocycles. The molecule has 0 saturated heterocycles. The molecule has 106 valence electrons. The molecule has 1 amide bonds. The van der Waals surface area contributed by atoms with E-state index in [0.717, 1.165) is 38.2 Å². The molecule has 0 radical (unpaired) electrons. The highest BCUT2D eigenvalue weighted by Crippen LogP contribution is 2.00.